The first-order valence-electron chi connectivity index (χ1n) is 6.24. The van der Waals surface area contributed by atoms with E-state index in [0.29, 0.717) is 23.5 Å². The number of aromatic amines is 1. The van der Waals surface area contributed by atoms with Crippen molar-refractivity contribution in [3.05, 3.63) is 51.2 Å². The first kappa shape index (κ1) is 12.0. The van der Waals surface area contributed by atoms with Crippen LogP contribution < -0.4 is 10.9 Å². The van der Waals surface area contributed by atoms with Crippen molar-refractivity contribution in [3.8, 4) is 11.4 Å². The predicted molar refractivity (Wildman–Crippen MR) is 70.4 cm³/mol. The van der Waals surface area contributed by atoms with E-state index >= 15 is 0 Å². The summed E-state index contributed by atoms with van der Waals surface area (Å²) in [6, 6.07) is 4.72. The second kappa shape index (κ2) is 4.59. The van der Waals surface area contributed by atoms with Crippen LogP contribution in [0.25, 0.3) is 11.4 Å². The van der Waals surface area contributed by atoms with Gasteiger partial charge in [0.2, 0.25) is 0 Å². The average molecular weight is 259 g/mol. The van der Waals surface area contributed by atoms with Gasteiger partial charge in [-0.2, -0.15) is 0 Å². The van der Waals surface area contributed by atoms with Crippen LogP contribution in [0.1, 0.15) is 16.8 Å². The van der Waals surface area contributed by atoms with Crippen LogP contribution in [0.5, 0.6) is 0 Å². The van der Waals surface area contributed by atoms with Crippen molar-refractivity contribution < 1.29 is 4.39 Å². The molecule has 98 valence electrons. The summed E-state index contributed by atoms with van der Waals surface area (Å²) in [6.45, 7) is 3.07. The predicted octanol–water partition coefficient (Wildman–Crippen LogP) is 1.53. The van der Waals surface area contributed by atoms with Crippen LogP contribution in [0.2, 0.25) is 0 Å². The number of halogens is 1. The molecule has 1 aromatic carbocycles. The molecule has 0 saturated heterocycles. The minimum Gasteiger partial charge on any atom is -0.312 e. The van der Waals surface area contributed by atoms with E-state index in [1.165, 1.54) is 6.07 Å². The molecule has 1 aliphatic heterocycles. The summed E-state index contributed by atoms with van der Waals surface area (Å²) >= 11 is 0. The van der Waals surface area contributed by atoms with Gasteiger partial charge in [0.15, 0.2) is 0 Å². The quantitative estimate of drug-likeness (QED) is 0.816. The third kappa shape index (κ3) is 2.17. The zero-order valence-corrected chi connectivity index (χ0v) is 10.6. The third-order valence-electron chi connectivity index (χ3n) is 3.37. The molecule has 5 heteroatoms. The van der Waals surface area contributed by atoms with E-state index in [9.17, 15) is 9.18 Å². The molecule has 1 aromatic heterocycles. The highest BCUT2D eigenvalue weighted by atomic mass is 19.1. The molecule has 0 saturated carbocycles. The van der Waals surface area contributed by atoms with Gasteiger partial charge < -0.3 is 10.3 Å². The van der Waals surface area contributed by atoms with Gasteiger partial charge in [-0.25, -0.2) is 9.37 Å². The maximum Gasteiger partial charge on any atom is 0.255 e. The molecule has 0 bridgehead atoms. The molecule has 0 atom stereocenters. The second-order valence-corrected chi connectivity index (χ2v) is 4.73. The zero-order chi connectivity index (χ0) is 13.4. The van der Waals surface area contributed by atoms with E-state index in [1.807, 2.05) is 0 Å². The molecular weight excluding hydrogens is 245 g/mol. The maximum absolute atomic E-state index is 13.3. The van der Waals surface area contributed by atoms with Crippen LogP contribution in [0.15, 0.2) is 23.0 Å². The molecule has 2 N–H and O–H groups in total. The fourth-order valence-corrected chi connectivity index (χ4v) is 2.28. The molecule has 2 heterocycles. The fourth-order valence-electron chi connectivity index (χ4n) is 2.28. The van der Waals surface area contributed by atoms with Crippen molar-refractivity contribution in [1.29, 1.82) is 0 Å². The first-order chi connectivity index (χ1) is 9.15. The lowest BCUT2D eigenvalue weighted by atomic mass is 10.1. The largest absolute Gasteiger partial charge is 0.312 e. The fraction of sp³-hybridized carbons (Fsp3) is 0.286. The molecular formula is C14H14FN3O. The summed E-state index contributed by atoms with van der Waals surface area (Å²) in [4.78, 5) is 19.3. The van der Waals surface area contributed by atoms with E-state index < -0.39 is 0 Å². The van der Waals surface area contributed by atoms with Gasteiger partial charge in [0.25, 0.3) is 5.56 Å². The molecule has 2 aromatic rings. The van der Waals surface area contributed by atoms with Crippen LogP contribution in [-0.4, -0.2) is 16.5 Å². The van der Waals surface area contributed by atoms with Gasteiger partial charge >= 0.3 is 0 Å². The molecule has 0 aliphatic carbocycles. The molecule has 0 radical (unpaired) electrons. The summed E-state index contributed by atoms with van der Waals surface area (Å²) in [7, 11) is 0. The summed E-state index contributed by atoms with van der Waals surface area (Å²) in [6.07, 6.45) is 0.742. The van der Waals surface area contributed by atoms with Crippen LogP contribution in [0, 0.1) is 12.7 Å². The number of H-pyrrole nitrogens is 1. The minimum absolute atomic E-state index is 0.117. The van der Waals surface area contributed by atoms with Crippen molar-refractivity contribution in [1.82, 2.24) is 15.3 Å². The Balaban J connectivity index is 2.12. The lowest BCUT2D eigenvalue weighted by Gasteiger charge is -2.16. The van der Waals surface area contributed by atoms with Gasteiger partial charge in [0, 0.05) is 25.1 Å². The number of nitrogens with one attached hydrogen (secondary N) is 2. The smallest absolute Gasteiger partial charge is 0.255 e. The van der Waals surface area contributed by atoms with Crippen molar-refractivity contribution in [3.63, 3.8) is 0 Å². The second-order valence-electron chi connectivity index (χ2n) is 4.73. The van der Waals surface area contributed by atoms with Crippen LogP contribution >= 0.6 is 0 Å². The van der Waals surface area contributed by atoms with Crippen molar-refractivity contribution >= 4 is 0 Å². The highest BCUT2D eigenvalue weighted by Crippen LogP contribution is 2.19. The normalized spacial score (nSPS) is 14.2. The number of benzene rings is 1. The van der Waals surface area contributed by atoms with Gasteiger partial charge in [-0.1, -0.05) is 0 Å². The highest BCUT2D eigenvalue weighted by Gasteiger charge is 2.15. The number of hydrogen-bond donors (Lipinski definition) is 2. The Kier molecular flexibility index (Phi) is 2.91. The first-order valence-corrected chi connectivity index (χ1v) is 6.24. The third-order valence-corrected chi connectivity index (χ3v) is 3.37. The summed E-state index contributed by atoms with van der Waals surface area (Å²) in [5.41, 5.74) is 2.69. The van der Waals surface area contributed by atoms with E-state index in [0.717, 1.165) is 24.2 Å². The standard InChI is InChI=1S/C14H14FN3O/c1-8-6-9(2-3-11(8)15)13-17-12-4-5-16-7-10(12)14(19)18-13/h2-3,6,16H,4-5,7H2,1H3,(H,17,18,19). The average Bonchev–Trinajstić information content (AvgIpc) is 2.42. The van der Waals surface area contributed by atoms with Gasteiger partial charge in [0.1, 0.15) is 11.6 Å². The molecule has 0 spiro atoms. The van der Waals surface area contributed by atoms with E-state index in [2.05, 4.69) is 15.3 Å². The van der Waals surface area contributed by atoms with Crippen molar-refractivity contribution in [2.45, 2.75) is 19.9 Å². The SMILES string of the molecule is Cc1cc(-c2nc3c(c(=O)[nH]2)CNCC3)ccc1F. The maximum atomic E-state index is 13.3. The number of fused-ring (bicyclic) bond motifs is 1. The number of rotatable bonds is 1. The Morgan fingerprint density at radius 3 is 3.00 bits per heavy atom. The molecule has 3 rings (SSSR count). The van der Waals surface area contributed by atoms with E-state index in [1.54, 1.807) is 19.1 Å². The molecule has 0 unspecified atom stereocenters. The van der Waals surface area contributed by atoms with Gasteiger partial charge in [0.05, 0.1) is 11.3 Å². The lowest BCUT2D eigenvalue weighted by molar-refractivity contribution is 0.617. The zero-order valence-electron chi connectivity index (χ0n) is 10.6. The number of hydrogen-bond acceptors (Lipinski definition) is 3. The van der Waals surface area contributed by atoms with Gasteiger partial charge in [-0.15, -0.1) is 0 Å². The Morgan fingerprint density at radius 1 is 1.37 bits per heavy atom. The molecule has 0 amide bonds. The topological polar surface area (TPSA) is 57.8 Å². The molecule has 0 fully saturated rings. The Hall–Kier alpha value is -2.01. The molecule has 1 aliphatic rings. The van der Waals surface area contributed by atoms with E-state index in [4.69, 9.17) is 0 Å². The van der Waals surface area contributed by atoms with Crippen LogP contribution in [-0.2, 0) is 13.0 Å². The van der Waals surface area contributed by atoms with Crippen molar-refractivity contribution in [2.75, 3.05) is 6.54 Å². The minimum atomic E-state index is -0.256. The number of aromatic nitrogens is 2. The lowest BCUT2D eigenvalue weighted by Crippen LogP contribution is -2.31. The van der Waals surface area contributed by atoms with Crippen molar-refractivity contribution in [2.24, 2.45) is 0 Å². The molecule has 19 heavy (non-hydrogen) atoms. The summed E-state index contributed by atoms with van der Waals surface area (Å²) < 4.78 is 13.3. The van der Waals surface area contributed by atoms with Crippen LogP contribution in [0.3, 0.4) is 0 Å². The summed E-state index contributed by atoms with van der Waals surface area (Å²) in [5.74, 6) is 0.252. The Morgan fingerprint density at radius 2 is 2.21 bits per heavy atom. The summed E-state index contributed by atoms with van der Waals surface area (Å²) in [5, 5.41) is 3.15. The Bertz CT molecular complexity index is 694. The van der Waals surface area contributed by atoms with Gasteiger partial charge in [-0.3, -0.25) is 4.79 Å². The number of nitrogens with zero attached hydrogens (tertiary/aromatic N) is 1. The monoisotopic (exact) mass is 259 g/mol. The highest BCUT2D eigenvalue weighted by molar-refractivity contribution is 5.56. The van der Waals surface area contributed by atoms with E-state index in [-0.39, 0.29) is 11.4 Å². The Labute approximate surface area is 109 Å². The number of aryl methyl sites for hydroxylation is 1. The van der Waals surface area contributed by atoms with Gasteiger partial charge in [-0.05, 0) is 30.7 Å². The van der Waals surface area contributed by atoms with Crippen LogP contribution in [0.4, 0.5) is 4.39 Å². The molecule has 4 nitrogen and oxygen atoms in total.